The highest BCUT2D eigenvalue weighted by Crippen LogP contribution is 2.28. The summed E-state index contributed by atoms with van der Waals surface area (Å²) in [7, 11) is 1.63. The average Bonchev–Trinajstić information content (AvgIpc) is 3.02. The summed E-state index contributed by atoms with van der Waals surface area (Å²) in [5.41, 5.74) is 0.935. The van der Waals surface area contributed by atoms with Gasteiger partial charge in [0.15, 0.2) is 11.0 Å². The maximum Gasteiger partial charge on any atom is 0.233 e. The van der Waals surface area contributed by atoms with Crippen LogP contribution in [0.25, 0.3) is 11.4 Å². The van der Waals surface area contributed by atoms with Gasteiger partial charge in [0, 0.05) is 18.7 Å². The van der Waals surface area contributed by atoms with Crippen LogP contribution >= 0.6 is 11.8 Å². The third kappa shape index (κ3) is 4.85. The summed E-state index contributed by atoms with van der Waals surface area (Å²) >= 11 is 1.40. The highest BCUT2D eigenvalue weighted by atomic mass is 32.2. The number of amides is 1. The number of carbonyl (C=O) groups excluding carboxylic acids is 1. The molecule has 1 amide bonds. The van der Waals surface area contributed by atoms with E-state index in [1.165, 1.54) is 11.8 Å². The molecule has 134 valence electrons. The first-order valence-electron chi connectivity index (χ1n) is 8.23. The predicted molar refractivity (Wildman–Crippen MR) is 101 cm³/mol. The van der Waals surface area contributed by atoms with Crippen molar-refractivity contribution < 1.29 is 9.53 Å². The standard InChI is InChI=1S/C18H24N4O2S/c1-5-11-19-17(23)13(3)25-18-21-20-16(22(18)12-6-2)14-7-9-15(24-4)10-8-14/h6-10,13H,2,5,11-12H2,1,3-4H3,(H,19,23)/t13-/m0/s1. The summed E-state index contributed by atoms with van der Waals surface area (Å²) in [6.45, 7) is 8.96. The Labute approximate surface area is 152 Å². The van der Waals surface area contributed by atoms with Gasteiger partial charge in [-0.05, 0) is 37.6 Å². The molecule has 0 unspecified atom stereocenters. The number of rotatable bonds is 9. The zero-order valence-corrected chi connectivity index (χ0v) is 15.7. The van der Waals surface area contributed by atoms with E-state index < -0.39 is 0 Å². The van der Waals surface area contributed by atoms with Crippen molar-refractivity contribution in [2.24, 2.45) is 0 Å². The van der Waals surface area contributed by atoms with E-state index in [9.17, 15) is 4.79 Å². The number of benzene rings is 1. The third-order valence-corrected chi connectivity index (χ3v) is 4.66. The minimum absolute atomic E-state index is 0.00556. The summed E-state index contributed by atoms with van der Waals surface area (Å²) in [5.74, 6) is 1.53. The molecular weight excluding hydrogens is 336 g/mol. The van der Waals surface area contributed by atoms with Gasteiger partial charge >= 0.3 is 0 Å². The second kappa shape index (κ2) is 9.27. The van der Waals surface area contributed by atoms with Crippen molar-refractivity contribution in [3.63, 3.8) is 0 Å². The summed E-state index contributed by atoms with van der Waals surface area (Å²) in [6.07, 6.45) is 2.71. The Morgan fingerprint density at radius 2 is 2.12 bits per heavy atom. The molecular formula is C18H24N4O2S. The van der Waals surface area contributed by atoms with Crippen molar-refractivity contribution in [3.05, 3.63) is 36.9 Å². The predicted octanol–water partition coefficient (Wildman–Crippen LogP) is 3.15. The van der Waals surface area contributed by atoms with Crippen LogP contribution in [0.2, 0.25) is 0 Å². The fraction of sp³-hybridized carbons (Fsp3) is 0.389. The van der Waals surface area contributed by atoms with E-state index in [4.69, 9.17) is 4.74 Å². The first kappa shape index (κ1) is 19.1. The lowest BCUT2D eigenvalue weighted by atomic mass is 10.2. The van der Waals surface area contributed by atoms with Gasteiger partial charge in [0.2, 0.25) is 5.91 Å². The monoisotopic (exact) mass is 360 g/mol. The van der Waals surface area contributed by atoms with Crippen LogP contribution < -0.4 is 10.1 Å². The molecule has 0 radical (unpaired) electrons. The number of hydrogen-bond acceptors (Lipinski definition) is 5. The largest absolute Gasteiger partial charge is 0.497 e. The molecule has 7 heteroatoms. The number of nitrogens with one attached hydrogen (secondary N) is 1. The summed E-state index contributed by atoms with van der Waals surface area (Å²) in [5, 5.41) is 11.9. The first-order chi connectivity index (χ1) is 12.1. The van der Waals surface area contributed by atoms with Crippen molar-refractivity contribution in [2.45, 2.75) is 37.2 Å². The van der Waals surface area contributed by atoms with Crippen molar-refractivity contribution in [1.29, 1.82) is 0 Å². The molecule has 0 aliphatic carbocycles. The number of carbonyl (C=O) groups is 1. The smallest absolute Gasteiger partial charge is 0.233 e. The molecule has 2 aromatic rings. The topological polar surface area (TPSA) is 69.0 Å². The lowest BCUT2D eigenvalue weighted by Crippen LogP contribution is -2.31. The molecule has 0 spiro atoms. The van der Waals surface area contributed by atoms with Crippen LogP contribution in [-0.2, 0) is 11.3 Å². The van der Waals surface area contributed by atoms with E-state index in [-0.39, 0.29) is 11.2 Å². The van der Waals surface area contributed by atoms with Gasteiger partial charge in [-0.15, -0.1) is 16.8 Å². The van der Waals surface area contributed by atoms with Crippen molar-refractivity contribution >= 4 is 17.7 Å². The third-order valence-electron chi connectivity index (χ3n) is 3.58. The molecule has 1 N–H and O–H groups in total. The Bertz CT molecular complexity index is 712. The Morgan fingerprint density at radius 1 is 1.40 bits per heavy atom. The van der Waals surface area contributed by atoms with E-state index >= 15 is 0 Å². The molecule has 0 saturated heterocycles. The molecule has 0 saturated carbocycles. The van der Waals surface area contributed by atoms with Gasteiger partial charge in [0.25, 0.3) is 0 Å². The lowest BCUT2D eigenvalue weighted by molar-refractivity contribution is -0.120. The van der Waals surface area contributed by atoms with Gasteiger partial charge < -0.3 is 10.1 Å². The van der Waals surface area contributed by atoms with E-state index in [0.717, 1.165) is 23.6 Å². The van der Waals surface area contributed by atoms with Crippen LogP contribution in [0.1, 0.15) is 20.3 Å². The minimum Gasteiger partial charge on any atom is -0.497 e. The van der Waals surface area contributed by atoms with E-state index in [2.05, 4.69) is 22.1 Å². The number of allylic oxidation sites excluding steroid dienone is 1. The molecule has 25 heavy (non-hydrogen) atoms. The van der Waals surface area contributed by atoms with Gasteiger partial charge in [-0.3, -0.25) is 9.36 Å². The van der Waals surface area contributed by atoms with Crippen LogP contribution in [-0.4, -0.2) is 39.6 Å². The number of hydrogen-bond donors (Lipinski definition) is 1. The number of nitrogens with zero attached hydrogens (tertiary/aromatic N) is 3. The van der Waals surface area contributed by atoms with Gasteiger partial charge in [0.05, 0.1) is 12.4 Å². The highest BCUT2D eigenvalue weighted by Gasteiger charge is 2.20. The van der Waals surface area contributed by atoms with Gasteiger partial charge in [-0.1, -0.05) is 24.8 Å². The molecule has 1 heterocycles. The van der Waals surface area contributed by atoms with Crippen LogP contribution in [0, 0.1) is 0 Å². The second-order valence-corrected chi connectivity index (χ2v) is 6.79. The summed E-state index contributed by atoms with van der Waals surface area (Å²) in [4.78, 5) is 12.1. The summed E-state index contributed by atoms with van der Waals surface area (Å²) < 4.78 is 7.15. The average molecular weight is 360 g/mol. The van der Waals surface area contributed by atoms with Gasteiger partial charge in [-0.25, -0.2) is 0 Å². The molecule has 6 nitrogen and oxygen atoms in total. The van der Waals surface area contributed by atoms with Crippen molar-refractivity contribution in [2.75, 3.05) is 13.7 Å². The Balaban J connectivity index is 2.23. The molecule has 0 aliphatic heterocycles. The summed E-state index contributed by atoms with van der Waals surface area (Å²) in [6, 6.07) is 7.65. The maximum atomic E-state index is 12.1. The first-order valence-corrected chi connectivity index (χ1v) is 9.11. The molecule has 0 fully saturated rings. The number of thioether (sulfide) groups is 1. The molecule has 1 aromatic heterocycles. The van der Waals surface area contributed by atoms with Crippen LogP contribution in [0.4, 0.5) is 0 Å². The van der Waals surface area contributed by atoms with E-state index in [1.807, 2.05) is 42.7 Å². The van der Waals surface area contributed by atoms with Crippen molar-refractivity contribution in [1.82, 2.24) is 20.1 Å². The fourth-order valence-electron chi connectivity index (χ4n) is 2.23. The SMILES string of the molecule is C=CCn1c(S[C@@H](C)C(=O)NCCC)nnc1-c1ccc(OC)cc1. The fourth-order valence-corrected chi connectivity index (χ4v) is 3.11. The zero-order chi connectivity index (χ0) is 18.2. The van der Waals surface area contributed by atoms with Crippen molar-refractivity contribution in [3.8, 4) is 17.1 Å². The molecule has 1 atom stereocenters. The zero-order valence-electron chi connectivity index (χ0n) is 14.9. The van der Waals surface area contributed by atoms with E-state index in [0.29, 0.717) is 18.2 Å². The Kier molecular flexibility index (Phi) is 7.06. The lowest BCUT2D eigenvalue weighted by Gasteiger charge is -2.12. The Morgan fingerprint density at radius 3 is 2.72 bits per heavy atom. The van der Waals surface area contributed by atoms with Gasteiger partial charge in [-0.2, -0.15) is 0 Å². The number of ether oxygens (including phenoxy) is 1. The Hall–Kier alpha value is -2.28. The van der Waals surface area contributed by atoms with Crippen LogP contribution in [0.15, 0.2) is 42.1 Å². The minimum atomic E-state index is -0.247. The highest BCUT2D eigenvalue weighted by molar-refractivity contribution is 8.00. The maximum absolute atomic E-state index is 12.1. The number of aromatic nitrogens is 3. The van der Waals surface area contributed by atoms with Gasteiger partial charge in [0.1, 0.15) is 5.75 Å². The van der Waals surface area contributed by atoms with Crippen LogP contribution in [0.3, 0.4) is 0 Å². The molecule has 0 aliphatic rings. The molecule has 0 bridgehead atoms. The quantitative estimate of drug-likeness (QED) is 0.549. The van der Waals surface area contributed by atoms with E-state index in [1.54, 1.807) is 13.2 Å². The molecule has 1 aromatic carbocycles. The second-order valence-electron chi connectivity index (χ2n) is 5.49. The van der Waals surface area contributed by atoms with Crippen LogP contribution in [0.5, 0.6) is 5.75 Å². The molecule has 2 rings (SSSR count). The number of methoxy groups -OCH3 is 1. The normalized spacial score (nSPS) is 11.8.